The topological polar surface area (TPSA) is 63.6 Å². The third-order valence-corrected chi connectivity index (χ3v) is 2.12. The van der Waals surface area contributed by atoms with Crippen LogP contribution in [0.2, 0.25) is 0 Å². The number of rotatable bonds is 0. The lowest BCUT2D eigenvalue weighted by Gasteiger charge is -2.06. The van der Waals surface area contributed by atoms with E-state index in [0.717, 1.165) is 5.39 Å². The molecule has 2 rings (SSSR count). The van der Waals surface area contributed by atoms with Crippen LogP contribution in [0.25, 0.3) is 10.9 Å². The van der Waals surface area contributed by atoms with E-state index in [0.29, 0.717) is 15.9 Å². The third kappa shape index (κ3) is 1.07. The molecule has 0 unspecified atom stereocenters. The normalized spacial score (nSPS) is 10.0. The first-order valence-corrected chi connectivity index (χ1v) is 4.13. The summed E-state index contributed by atoms with van der Waals surface area (Å²) in [6, 6.07) is 9.02. The summed E-state index contributed by atoms with van der Waals surface area (Å²) < 4.78 is 0.558. The predicted molar refractivity (Wildman–Crippen MR) is 50.2 cm³/mol. The van der Waals surface area contributed by atoms with Gasteiger partial charge in [-0.2, -0.15) is 5.26 Å². The number of fused-ring (bicyclic) bond motifs is 1. The molecule has 1 aromatic carbocycles. The van der Waals surface area contributed by atoms with Crippen molar-refractivity contribution in [1.82, 2.24) is 4.98 Å². The fourth-order valence-electron chi connectivity index (χ4n) is 1.38. The van der Waals surface area contributed by atoms with Crippen LogP contribution in [-0.2, 0) is 0 Å². The molecule has 4 nitrogen and oxygen atoms in total. The van der Waals surface area contributed by atoms with Gasteiger partial charge in [0.25, 0.3) is 0 Å². The highest BCUT2D eigenvalue weighted by molar-refractivity contribution is 5.79. The summed E-state index contributed by atoms with van der Waals surface area (Å²) in [5.41, 5.74) is 1.18. The van der Waals surface area contributed by atoms with Crippen molar-refractivity contribution in [1.29, 1.82) is 5.26 Å². The SMILES string of the molecule is Cc1c2ccccc2nc(C#N)[n+]1[O-]. The maximum Gasteiger partial charge on any atom is 0.406 e. The fraction of sp³-hybridized carbons (Fsp3) is 0.100. The number of hydrogen-bond donors (Lipinski definition) is 0. The van der Waals surface area contributed by atoms with E-state index in [4.69, 9.17) is 5.26 Å². The minimum Gasteiger partial charge on any atom is -0.710 e. The van der Waals surface area contributed by atoms with E-state index in [2.05, 4.69) is 4.98 Å². The molecule has 0 aliphatic carbocycles. The number of nitriles is 1. The molecule has 0 saturated heterocycles. The summed E-state index contributed by atoms with van der Waals surface area (Å²) in [5.74, 6) is -0.110. The molecule has 2 aromatic rings. The van der Waals surface area contributed by atoms with E-state index in [1.807, 2.05) is 18.2 Å². The first-order valence-electron chi connectivity index (χ1n) is 4.13. The van der Waals surface area contributed by atoms with Crippen molar-refractivity contribution >= 4 is 10.9 Å². The largest absolute Gasteiger partial charge is 0.710 e. The summed E-state index contributed by atoms with van der Waals surface area (Å²) in [4.78, 5) is 3.94. The molecule has 0 N–H and O–H groups in total. The second-order valence-corrected chi connectivity index (χ2v) is 2.94. The number of aromatic nitrogens is 2. The van der Waals surface area contributed by atoms with Gasteiger partial charge in [-0.05, 0) is 24.0 Å². The minimum absolute atomic E-state index is 0.110. The van der Waals surface area contributed by atoms with Gasteiger partial charge < -0.3 is 5.21 Å². The maximum atomic E-state index is 11.4. The smallest absolute Gasteiger partial charge is 0.406 e. The van der Waals surface area contributed by atoms with Gasteiger partial charge in [0.15, 0.2) is 11.6 Å². The highest BCUT2D eigenvalue weighted by Crippen LogP contribution is 2.12. The zero-order valence-corrected chi connectivity index (χ0v) is 7.56. The molecule has 0 amide bonds. The monoisotopic (exact) mass is 185 g/mol. The molecule has 1 aromatic heterocycles. The first-order chi connectivity index (χ1) is 6.74. The van der Waals surface area contributed by atoms with Crippen LogP contribution < -0.4 is 4.73 Å². The molecule has 0 radical (unpaired) electrons. The van der Waals surface area contributed by atoms with Crippen molar-refractivity contribution in [3.63, 3.8) is 0 Å². The van der Waals surface area contributed by atoms with Gasteiger partial charge in [-0.3, -0.25) is 0 Å². The Morgan fingerprint density at radius 2 is 2.14 bits per heavy atom. The summed E-state index contributed by atoms with van der Waals surface area (Å²) in [6.45, 7) is 1.68. The van der Waals surface area contributed by atoms with E-state index in [1.54, 1.807) is 19.1 Å². The van der Waals surface area contributed by atoms with Gasteiger partial charge in [0, 0.05) is 0 Å². The Balaban J connectivity index is 2.94. The fourth-order valence-corrected chi connectivity index (χ4v) is 1.38. The molecule has 0 spiro atoms. The standard InChI is InChI=1S/C10H7N3O/c1-7-8-4-2-3-5-9(8)12-10(6-11)13(7)14/h2-5H,1H3. The van der Waals surface area contributed by atoms with Crippen molar-refractivity contribution < 1.29 is 4.73 Å². The summed E-state index contributed by atoms with van der Waals surface area (Å²) in [5, 5.41) is 20.9. The van der Waals surface area contributed by atoms with E-state index in [9.17, 15) is 5.21 Å². The van der Waals surface area contributed by atoms with Gasteiger partial charge in [0.2, 0.25) is 0 Å². The maximum absolute atomic E-state index is 11.4. The zero-order chi connectivity index (χ0) is 10.1. The molecule has 0 aliphatic heterocycles. The van der Waals surface area contributed by atoms with Crippen molar-refractivity contribution in [3.05, 3.63) is 41.0 Å². The van der Waals surface area contributed by atoms with Crippen LogP contribution >= 0.6 is 0 Å². The number of hydrogen-bond acceptors (Lipinski definition) is 3. The van der Waals surface area contributed by atoms with Crippen molar-refractivity contribution in [2.75, 3.05) is 0 Å². The van der Waals surface area contributed by atoms with Crippen LogP contribution in [0.5, 0.6) is 0 Å². The molecular formula is C10H7N3O. The van der Waals surface area contributed by atoms with Gasteiger partial charge >= 0.3 is 5.82 Å². The molecule has 68 valence electrons. The van der Waals surface area contributed by atoms with Gasteiger partial charge in [-0.15, -0.1) is 0 Å². The number of benzene rings is 1. The number of para-hydroxylation sites is 1. The Kier molecular flexibility index (Phi) is 1.79. The lowest BCUT2D eigenvalue weighted by molar-refractivity contribution is -0.616. The lowest BCUT2D eigenvalue weighted by Crippen LogP contribution is -2.35. The summed E-state index contributed by atoms with van der Waals surface area (Å²) in [6.07, 6.45) is 0. The predicted octanol–water partition coefficient (Wildman–Crippen LogP) is 1.05. The Hall–Kier alpha value is -2.15. The molecule has 0 aliphatic rings. The highest BCUT2D eigenvalue weighted by atomic mass is 16.5. The molecular weight excluding hydrogens is 178 g/mol. The van der Waals surface area contributed by atoms with E-state index >= 15 is 0 Å². The average Bonchev–Trinajstić information content (AvgIpc) is 2.23. The molecule has 0 saturated carbocycles. The molecule has 0 atom stereocenters. The van der Waals surface area contributed by atoms with Gasteiger partial charge in [-0.25, -0.2) is 4.73 Å². The van der Waals surface area contributed by atoms with Crippen LogP contribution in [-0.4, -0.2) is 4.98 Å². The zero-order valence-electron chi connectivity index (χ0n) is 7.56. The van der Waals surface area contributed by atoms with Gasteiger partial charge in [0.1, 0.15) is 5.69 Å². The molecule has 0 fully saturated rings. The second-order valence-electron chi connectivity index (χ2n) is 2.94. The van der Waals surface area contributed by atoms with Crippen LogP contribution in [0, 0.1) is 23.5 Å². The van der Waals surface area contributed by atoms with E-state index < -0.39 is 0 Å². The quantitative estimate of drug-likeness (QED) is 0.455. The Labute approximate surface area is 80.6 Å². The minimum atomic E-state index is -0.110. The van der Waals surface area contributed by atoms with Crippen LogP contribution in [0.15, 0.2) is 24.3 Å². The molecule has 1 heterocycles. The highest BCUT2D eigenvalue weighted by Gasteiger charge is 2.13. The van der Waals surface area contributed by atoms with Crippen LogP contribution in [0.1, 0.15) is 11.5 Å². The van der Waals surface area contributed by atoms with Gasteiger partial charge in [0.05, 0.1) is 5.39 Å². The van der Waals surface area contributed by atoms with Crippen molar-refractivity contribution in [2.24, 2.45) is 0 Å². The van der Waals surface area contributed by atoms with Crippen LogP contribution in [0.4, 0.5) is 0 Å². The van der Waals surface area contributed by atoms with Crippen molar-refractivity contribution in [2.45, 2.75) is 6.92 Å². The molecule has 0 bridgehead atoms. The Bertz CT molecular complexity index is 543. The average molecular weight is 185 g/mol. The van der Waals surface area contributed by atoms with Crippen LogP contribution in [0.3, 0.4) is 0 Å². The second kappa shape index (κ2) is 2.96. The van der Waals surface area contributed by atoms with Crippen molar-refractivity contribution in [3.8, 4) is 6.07 Å². The van der Waals surface area contributed by atoms with E-state index in [1.165, 1.54) is 0 Å². The van der Waals surface area contributed by atoms with Gasteiger partial charge in [-0.1, -0.05) is 12.1 Å². The lowest BCUT2D eigenvalue weighted by atomic mass is 10.2. The Morgan fingerprint density at radius 3 is 2.86 bits per heavy atom. The third-order valence-electron chi connectivity index (χ3n) is 2.12. The summed E-state index contributed by atoms with van der Waals surface area (Å²) in [7, 11) is 0. The first kappa shape index (κ1) is 8.45. The number of nitrogens with zero attached hydrogens (tertiary/aromatic N) is 3. The molecule has 14 heavy (non-hydrogen) atoms. The molecule has 4 heteroatoms. The van der Waals surface area contributed by atoms with E-state index in [-0.39, 0.29) is 5.82 Å². The summed E-state index contributed by atoms with van der Waals surface area (Å²) >= 11 is 0. The number of aryl methyl sites for hydroxylation is 1. The Morgan fingerprint density at radius 1 is 1.43 bits per heavy atom.